The van der Waals surface area contributed by atoms with Crippen LogP contribution in [-0.4, -0.2) is 47.6 Å². The van der Waals surface area contributed by atoms with E-state index in [-0.39, 0.29) is 0 Å². The predicted molar refractivity (Wildman–Crippen MR) is 142 cm³/mol. The van der Waals surface area contributed by atoms with Gasteiger partial charge in [-0.25, -0.2) is 4.98 Å². The maximum atomic E-state index is 6.38. The molecular weight excluding hydrogens is 465 g/mol. The summed E-state index contributed by atoms with van der Waals surface area (Å²) in [5.41, 5.74) is 3.38. The minimum atomic E-state index is 0.667. The van der Waals surface area contributed by atoms with Gasteiger partial charge in [-0.2, -0.15) is 4.98 Å². The number of piperazine rings is 1. The Bertz CT molecular complexity index is 1260. The number of halogens is 2. The molecule has 0 unspecified atom stereocenters. The van der Waals surface area contributed by atoms with Gasteiger partial charge in [0.25, 0.3) is 0 Å². The quantitative estimate of drug-likeness (QED) is 0.347. The Kier molecular flexibility index (Phi) is 7.14. The van der Waals surface area contributed by atoms with Crippen molar-refractivity contribution in [3.63, 3.8) is 0 Å². The molecule has 3 aromatic carbocycles. The van der Waals surface area contributed by atoms with Crippen LogP contribution in [0, 0.1) is 0 Å². The third kappa shape index (κ3) is 5.44. The highest BCUT2D eigenvalue weighted by molar-refractivity contribution is 6.35. The molecule has 1 saturated heterocycles. The van der Waals surface area contributed by atoms with Gasteiger partial charge in [0.05, 0.1) is 5.52 Å². The summed E-state index contributed by atoms with van der Waals surface area (Å²) in [5, 5.41) is 5.99. The second-order valence-electron chi connectivity index (χ2n) is 8.55. The van der Waals surface area contributed by atoms with E-state index in [0.717, 1.165) is 78.9 Å². The number of benzene rings is 3. The van der Waals surface area contributed by atoms with E-state index >= 15 is 0 Å². The van der Waals surface area contributed by atoms with Crippen molar-refractivity contribution >= 4 is 45.9 Å². The van der Waals surface area contributed by atoms with E-state index in [1.54, 1.807) is 0 Å². The van der Waals surface area contributed by atoms with Crippen molar-refractivity contribution in [2.45, 2.75) is 13.0 Å². The van der Waals surface area contributed by atoms with Gasteiger partial charge >= 0.3 is 0 Å². The first-order chi connectivity index (χ1) is 16.7. The lowest BCUT2D eigenvalue weighted by Gasteiger charge is -2.35. The van der Waals surface area contributed by atoms with Crippen molar-refractivity contribution in [2.24, 2.45) is 0 Å². The van der Waals surface area contributed by atoms with Gasteiger partial charge in [-0.3, -0.25) is 4.90 Å². The molecule has 2 heterocycles. The summed E-state index contributed by atoms with van der Waals surface area (Å²) in [6.07, 6.45) is 0.945. The molecule has 0 radical (unpaired) electrons. The van der Waals surface area contributed by atoms with Gasteiger partial charge in [-0.05, 0) is 41.8 Å². The van der Waals surface area contributed by atoms with E-state index in [2.05, 4.69) is 51.5 Å². The van der Waals surface area contributed by atoms with Crippen molar-refractivity contribution in [3.8, 4) is 0 Å². The van der Waals surface area contributed by atoms with Gasteiger partial charge in [0, 0.05) is 54.7 Å². The van der Waals surface area contributed by atoms with Crippen LogP contribution in [0.2, 0.25) is 10.0 Å². The van der Waals surface area contributed by atoms with Gasteiger partial charge in [-0.1, -0.05) is 71.7 Å². The van der Waals surface area contributed by atoms with Crippen molar-refractivity contribution in [2.75, 3.05) is 42.9 Å². The minimum absolute atomic E-state index is 0.667. The van der Waals surface area contributed by atoms with Crippen LogP contribution >= 0.6 is 23.2 Å². The second kappa shape index (κ2) is 10.6. The summed E-state index contributed by atoms with van der Waals surface area (Å²) >= 11 is 12.4. The van der Waals surface area contributed by atoms with Crippen LogP contribution in [0.5, 0.6) is 0 Å². The zero-order valence-corrected chi connectivity index (χ0v) is 20.4. The summed E-state index contributed by atoms with van der Waals surface area (Å²) in [7, 11) is 0. The molecule has 4 aromatic rings. The maximum absolute atomic E-state index is 6.38. The lowest BCUT2D eigenvalue weighted by atomic mass is 10.1. The lowest BCUT2D eigenvalue weighted by Crippen LogP contribution is -2.46. The van der Waals surface area contributed by atoms with Crippen LogP contribution < -0.4 is 10.2 Å². The molecule has 1 aliphatic heterocycles. The first-order valence-electron chi connectivity index (χ1n) is 11.6. The Morgan fingerprint density at radius 1 is 0.824 bits per heavy atom. The molecule has 174 valence electrons. The highest BCUT2D eigenvalue weighted by Crippen LogP contribution is 2.26. The monoisotopic (exact) mass is 491 g/mol. The summed E-state index contributed by atoms with van der Waals surface area (Å²) in [4.78, 5) is 14.5. The number of hydrogen-bond donors (Lipinski definition) is 1. The number of anilines is 2. The molecule has 1 aromatic heterocycles. The third-order valence-electron chi connectivity index (χ3n) is 6.20. The fourth-order valence-corrected chi connectivity index (χ4v) is 4.78. The number of hydrogen-bond acceptors (Lipinski definition) is 5. The van der Waals surface area contributed by atoms with Crippen LogP contribution in [0.25, 0.3) is 10.9 Å². The van der Waals surface area contributed by atoms with Crippen molar-refractivity contribution in [3.05, 3.63) is 94.0 Å². The average Bonchev–Trinajstić information content (AvgIpc) is 2.87. The molecule has 0 aliphatic carbocycles. The Labute approximate surface area is 210 Å². The van der Waals surface area contributed by atoms with Gasteiger partial charge in [0.2, 0.25) is 5.95 Å². The number of nitrogens with zero attached hydrogens (tertiary/aromatic N) is 4. The van der Waals surface area contributed by atoms with Gasteiger partial charge in [0.1, 0.15) is 5.82 Å². The van der Waals surface area contributed by atoms with E-state index < -0.39 is 0 Å². The number of para-hydroxylation sites is 1. The number of aromatic nitrogens is 2. The fraction of sp³-hybridized carbons (Fsp3) is 0.259. The van der Waals surface area contributed by atoms with Crippen LogP contribution in [0.1, 0.15) is 11.1 Å². The highest BCUT2D eigenvalue weighted by atomic mass is 35.5. The normalized spacial score (nSPS) is 14.5. The second-order valence-corrected chi connectivity index (χ2v) is 9.39. The summed E-state index contributed by atoms with van der Waals surface area (Å²) < 4.78 is 0. The zero-order valence-electron chi connectivity index (χ0n) is 18.9. The number of nitrogens with one attached hydrogen (secondary N) is 1. The van der Waals surface area contributed by atoms with Gasteiger partial charge in [-0.15, -0.1) is 0 Å². The minimum Gasteiger partial charge on any atom is -0.369 e. The molecule has 1 fully saturated rings. The van der Waals surface area contributed by atoms with Crippen molar-refractivity contribution in [1.29, 1.82) is 0 Å². The summed E-state index contributed by atoms with van der Waals surface area (Å²) in [6.45, 7) is 5.21. The largest absolute Gasteiger partial charge is 0.369 e. The van der Waals surface area contributed by atoms with E-state index in [1.165, 1.54) is 5.56 Å². The number of fused-ring (bicyclic) bond motifs is 1. The lowest BCUT2D eigenvalue weighted by molar-refractivity contribution is 0.249. The van der Waals surface area contributed by atoms with E-state index in [0.29, 0.717) is 5.02 Å². The fourth-order valence-electron chi connectivity index (χ4n) is 4.31. The highest BCUT2D eigenvalue weighted by Gasteiger charge is 2.21. The first kappa shape index (κ1) is 22.9. The van der Waals surface area contributed by atoms with Crippen molar-refractivity contribution < 1.29 is 0 Å². The third-order valence-corrected chi connectivity index (χ3v) is 6.79. The van der Waals surface area contributed by atoms with Gasteiger partial charge in [0.15, 0.2) is 0 Å². The molecule has 5 nitrogen and oxygen atoms in total. The molecule has 1 aliphatic rings. The van der Waals surface area contributed by atoms with Crippen LogP contribution in [0.4, 0.5) is 11.8 Å². The predicted octanol–water partition coefficient (Wildman–Crippen LogP) is 5.91. The van der Waals surface area contributed by atoms with E-state index in [4.69, 9.17) is 33.2 Å². The SMILES string of the molecule is Clc1ccc(CN2CCN(c3nc(NCCc4ccccc4)c4ccccc4n3)CC2)c(Cl)c1. The van der Waals surface area contributed by atoms with Crippen molar-refractivity contribution in [1.82, 2.24) is 14.9 Å². The molecule has 0 spiro atoms. The maximum Gasteiger partial charge on any atom is 0.227 e. The molecule has 0 atom stereocenters. The number of rotatable bonds is 7. The zero-order chi connectivity index (χ0) is 23.3. The standard InChI is InChI=1S/C27H27Cl2N5/c28-22-11-10-21(24(29)18-22)19-33-14-16-34(17-15-33)27-31-25-9-5-4-8-23(25)26(32-27)30-13-12-20-6-2-1-3-7-20/h1-11,18H,12-17,19H2,(H,30,31,32). The van der Waals surface area contributed by atoms with Gasteiger partial charge < -0.3 is 10.2 Å². The van der Waals surface area contributed by atoms with E-state index in [1.807, 2.05) is 36.4 Å². The molecule has 0 saturated carbocycles. The van der Waals surface area contributed by atoms with Crippen LogP contribution in [0.15, 0.2) is 72.8 Å². The molecular formula is C27H27Cl2N5. The Morgan fingerprint density at radius 3 is 2.38 bits per heavy atom. The molecule has 1 N–H and O–H groups in total. The average molecular weight is 492 g/mol. The Balaban J connectivity index is 1.27. The Hall–Kier alpha value is -2.86. The molecule has 0 amide bonds. The summed E-state index contributed by atoms with van der Waals surface area (Å²) in [5.74, 6) is 1.68. The molecule has 5 rings (SSSR count). The molecule has 34 heavy (non-hydrogen) atoms. The van der Waals surface area contributed by atoms with E-state index in [9.17, 15) is 0 Å². The Morgan fingerprint density at radius 2 is 1.59 bits per heavy atom. The first-order valence-corrected chi connectivity index (χ1v) is 12.4. The topological polar surface area (TPSA) is 44.3 Å². The van der Waals surface area contributed by atoms with Crippen LogP contribution in [-0.2, 0) is 13.0 Å². The summed E-state index contributed by atoms with van der Waals surface area (Å²) in [6, 6.07) is 24.4. The molecule has 0 bridgehead atoms. The van der Waals surface area contributed by atoms with Crippen LogP contribution in [0.3, 0.4) is 0 Å². The smallest absolute Gasteiger partial charge is 0.227 e. The molecule has 7 heteroatoms.